The van der Waals surface area contributed by atoms with Crippen LogP contribution in [0.15, 0.2) is 42.6 Å². The number of hydrogen-bond acceptors (Lipinski definition) is 4. The predicted octanol–water partition coefficient (Wildman–Crippen LogP) is 1.59. The largest absolute Gasteiger partial charge is 0.384 e. The summed E-state index contributed by atoms with van der Waals surface area (Å²) in [5, 5.41) is 0. The second kappa shape index (κ2) is 6.31. The summed E-state index contributed by atoms with van der Waals surface area (Å²) < 4.78 is 0. The van der Waals surface area contributed by atoms with Crippen molar-refractivity contribution in [3.63, 3.8) is 0 Å². The number of benzene rings is 1. The maximum atomic E-state index is 5.69. The van der Waals surface area contributed by atoms with Crippen molar-refractivity contribution in [1.29, 1.82) is 0 Å². The van der Waals surface area contributed by atoms with E-state index in [0.29, 0.717) is 5.82 Å². The molecule has 1 aromatic heterocycles. The molecule has 4 nitrogen and oxygen atoms in total. The minimum Gasteiger partial charge on any atom is -0.384 e. The summed E-state index contributed by atoms with van der Waals surface area (Å²) in [6, 6.07) is 12.5. The van der Waals surface area contributed by atoms with E-state index in [1.54, 1.807) is 6.20 Å². The van der Waals surface area contributed by atoms with E-state index in [4.69, 9.17) is 11.6 Å². The summed E-state index contributed by atoms with van der Waals surface area (Å²) in [5.74, 6) is 6.19. The van der Waals surface area contributed by atoms with Gasteiger partial charge in [-0.15, -0.1) is 0 Å². The van der Waals surface area contributed by atoms with Gasteiger partial charge in [0, 0.05) is 12.2 Å². The van der Waals surface area contributed by atoms with E-state index in [2.05, 4.69) is 41.6 Å². The Bertz CT molecular complexity index is 492. The van der Waals surface area contributed by atoms with Gasteiger partial charge < -0.3 is 5.73 Å². The molecule has 1 heterocycles. The molecule has 19 heavy (non-hydrogen) atoms. The molecule has 4 heteroatoms. The lowest BCUT2D eigenvalue weighted by Gasteiger charge is -2.16. The second-order valence-corrected chi connectivity index (χ2v) is 4.85. The molecule has 0 radical (unpaired) electrons. The molecule has 0 spiro atoms. The number of nitrogen functional groups attached to an aromatic ring is 1. The highest BCUT2D eigenvalue weighted by molar-refractivity contribution is 5.32. The van der Waals surface area contributed by atoms with Crippen LogP contribution in [0.1, 0.15) is 16.7 Å². The zero-order valence-electron chi connectivity index (χ0n) is 11.1. The fourth-order valence-corrected chi connectivity index (χ4v) is 2.22. The van der Waals surface area contributed by atoms with Crippen LogP contribution in [0.3, 0.4) is 0 Å². The van der Waals surface area contributed by atoms with Crippen molar-refractivity contribution in [2.75, 3.05) is 5.73 Å². The minimum absolute atomic E-state index is 0.184. The number of aryl methyl sites for hydroxylation is 1. The number of aromatic nitrogens is 1. The fraction of sp³-hybridized carbons (Fsp3) is 0.267. The van der Waals surface area contributed by atoms with E-state index in [-0.39, 0.29) is 6.04 Å². The molecule has 0 amide bonds. The van der Waals surface area contributed by atoms with Gasteiger partial charge in [-0.05, 0) is 43.0 Å². The van der Waals surface area contributed by atoms with Gasteiger partial charge >= 0.3 is 0 Å². The lowest BCUT2D eigenvalue weighted by molar-refractivity contribution is 0.522. The Hall–Kier alpha value is -1.91. The maximum Gasteiger partial charge on any atom is 0.123 e. The van der Waals surface area contributed by atoms with Gasteiger partial charge in [0.2, 0.25) is 0 Å². The average Bonchev–Trinajstić information content (AvgIpc) is 2.38. The van der Waals surface area contributed by atoms with Crippen LogP contribution in [0.2, 0.25) is 0 Å². The highest BCUT2D eigenvalue weighted by Gasteiger charge is 2.09. The molecular weight excluding hydrogens is 236 g/mol. The van der Waals surface area contributed by atoms with Crippen LogP contribution < -0.4 is 17.0 Å². The molecule has 0 bridgehead atoms. The topological polar surface area (TPSA) is 77.0 Å². The Morgan fingerprint density at radius 2 is 1.89 bits per heavy atom. The second-order valence-electron chi connectivity index (χ2n) is 4.85. The summed E-state index contributed by atoms with van der Waals surface area (Å²) in [6.07, 6.45) is 3.45. The Kier molecular flexibility index (Phi) is 4.49. The standard InChI is InChI=1S/C15H20N4/c1-11-3-2-4-12(7-11)8-14(19-17)9-13-5-6-18-15(16)10-13/h2-7,10,14,19H,8-9,17H2,1H3,(H2,16,18). The Morgan fingerprint density at radius 1 is 1.16 bits per heavy atom. The van der Waals surface area contributed by atoms with Gasteiger partial charge in [-0.3, -0.25) is 11.3 Å². The van der Waals surface area contributed by atoms with Gasteiger partial charge in [0.1, 0.15) is 5.82 Å². The zero-order chi connectivity index (χ0) is 13.7. The fourth-order valence-electron chi connectivity index (χ4n) is 2.22. The summed E-state index contributed by atoms with van der Waals surface area (Å²) in [5.41, 5.74) is 12.3. The van der Waals surface area contributed by atoms with Crippen molar-refractivity contribution in [3.8, 4) is 0 Å². The summed E-state index contributed by atoms with van der Waals surface area (Å²) in [7, 11) is 0. The number of rotatable bonds is 5. The number of nitrogens with two attached hydrogens (primary N) is 2. The number of nitrogens with one attached hydrogen (secondary N) is 1. The molecule has 1 aromatic carbocycles. The summed E-state index contributed by atoms with van der Waals surface area (Å²) in [6.45, 7) is 2.10. The number of hydrazine groups is 1. The highest BCUT2D eigenvalue weighted by Crippen LogP contribution is 2.11. The van der Waals surface area contributed by atoms with E-state index in [0.717, 1.165) is 18.4 Å². The first kappa shape index (κ1) is 13.5. The summed E-state index contributed by atoms with van der Waals surface area (Å²) >= 11 is 0. The van der Waals surface area contributed by atoms with E-state index < -0.39 is 0 Å². The molecule has 2 rings (SSSR count). The lowest BCUT2D eigenvalue weighted by Crippen LogP contribution is -2.38. The highest BCUT2D eigenvalue weighted by atomic mass is 15.2. The molecule has 5 N–H and O–H groups in total. The molecule has 1 unspecified atom stereocenters. The van der Waals surface area contributed by atoms with Crippen LogP contribution in [0.4, 0.5) is 5.82 Å². The third-order valence-corrected chi connectivity index (χ3v) is 3.13. The number of nitrogens with zero attached hydrogens (tertiary/aromatic N) is 1. The minimum atomic E-state index is 0.184. The Balaban J connectivity index is 2.04. The number of anilines is 1. The maximum absolute atomic E-state index is 5.69. The van der Waals surface area contributed by atoms with Gasteiger partial charge in [-0.1, -0.05) is 29.8 Å². The first-order chi connectivity index (χ1) is 9.17. The van der Waals surface area contributed by atoms with E-state index in [1.807, 2.05) is 12.1 Å². The van der Waals surface area contributed by atoms with Crippen LogP contribution in [-0.2, 0) is 12.8 Å². The van der Waals surface area contributed by atoms with E-state index in [1.165, 1.54) is 11.1 Å². The predicted molar refractivity (Wildman–Crippen MR) is 78.3 cm³/mol. The van der Waals surface area contributed by atoms with Gasteiger partial charge in [-0.25, -0.2) is 4.98 Å². The molecule has 0 fully saturated rings. The molecule has 1 atom stereocenters. The Labute approximate surface area is 113 Å². The third kappa shape index (κ3) is 4.05. The molecular formula is C15H20N4. The van der Waals surface area contributed by atoms with Crippen LogP contribution in [0.25, 0.3) is 0 Å². The molecule has 0 saturated heterocycles. The molecule has 0 aliphatic carbocycles. The molecule has 0 aliphatic heterocycles. The first-order valence-corrected chi connectivity index (χ1v) is 6.39. The van der Waals surface area contributed by atoms with Crippen molar-refractivity contribution in [2.45, 2.75) is 25.8 Å². The number of hydrogen-bond donors (Lipinski definition) is 3. The first-order valence-electron chi connectivity index (χ1n) is 6.39. The molecule has 0 aliphatic rings. The van der Waals surface area contributed by atoms with E-state index in [9.17, 15) is 0 Å². The quantitative estimate of drug-likeness (QED) is 0.561. The van der Waals surface area contributed by atoms with Crippen molar-refractivity contribution < 1.29 is 0 Å². The lowest BCUT2D eigenvalue weighted by atomic mass is 9.99. The van der Waals surface area contributed by atoms with Crippen molar-refractivity contribution >= 4 is 5.82 Å². The number of pyridine rings is 1. The van der Waals surface area contributed by atoms with Gasteiger partial charge in [0.25, 0.3) is 0 Å². The molecule has 2 aromatic rings. The van der Waals surface area contributed by atoms with Gasteiger partial charge in [0.05, 0.1) is 0 Å². The van der Waals surface area contributed by atoms with Gasteiger partial charge in [0.15, 0.2) is 0 Å². The molecule has 0 saturated carbocycles. The average molecular weight is 256 g/mol. The summed E-state index contributed by atoms with van der Waals surface area (Å²) in [4.78, 5) is 3.99. The van der Waals surface area contributed by atoms with Gasteiger partial charge in [-0.2, -0.15) is 0 Å². The van der Waals surface area contributed by atoms with Crippen LogP contribution in [0.5, 0.6) is 0 Å². The van der Waals surface area contributed by atoms with Crippen LogP contribution in [0, 0.1) is 6.92 Å². The SMILES string of the molecule is Cc1cccc(CC(Cc2ccnc(N)c2)NN)c1. The van der Waals surface area contributed by atoms with E-state index >= 15 is 0 Å². The molecule has 100 valence electrons. The Morgan fingerprint density at radius 3 is 2.53 bits per heavy atom. The normalized spacial score (nSPS) is 12.3. The van der Waals surface area contributed by atoms with Crippen molar-refractivity contribution in [1.82, 2.24) is 10.4 Å². The van der Waals surface area contributed by atoms with Crippen LogP contribution in [-0.4, -0.2) is 11.0 Å². The van der Waals surface area contributed by atoms with Crippen molar-refractivity contribution in [3.05, 3.63) is 59.3 Å². The smallest absolute Gasteiger partial charge is 0.123 e. The van der Waals surface area contributed by atoms with Crippen LogP contribution >= 0.6 is 0 Å². The third-order valence-electron chi connectivity index (χ3n) is 3.13. The van der Waals surface area contributed by atoms with Crippen molar-refractivity contribution in [2.24, 2.45) is 5.84 Å². The zero-order valence-corrected chi connectivity index (χ0v) is 11.1. The monoisotopic (exact) mass is 256 g/mol.